The molecule has 5 heteroatoms. The molecule has 23 heavy (non-hydrogen) atoms. The number of phenols is 1. The van der Waals surface area contributed by atoms with Crippen LogP contribution >= 0.6 is 0 Å². The van der Waals surface area contributed by atoms with Crippen LogP contribution in [-0.2, 0) is 4.79 Å². The normalized spacial score (nSPS) is 16.4. The summed E-state index contributed by atoms with van der Waals surface area (Å²) in [5.74, 6) is -0.0950. The molecular weight excluding hydrogens is 296 g/mol. The fraction of sp³-hybridized carbons (Fsp3) is 0.222. The molecule has 0 aromatic heterocycles. The standard InChI is InChI=1S/C18H16O5/c1-10(19)13-7-8-15-17(18(13)21)14(9-16(20)23-15)11-3-5-12(22-2)6-4-11/h3-8,14,21H,9H2,1-2H3/t14-/m0/s1. The highest BCUT2D eigenvalue weighted by atomic mass is 16.5. The second-order valence-corrected chi connectivity index (χ2v) is 5.43. The third-order valence-electron chi connectivity index (χ3n) is 4.02. The van der Waals surface area contributed by atoms with Gasteiger partial charge in [0.1, 0.15) is 17.2 Å². The lowest BCUT2D eigenvalue weighted by Gasteiger charge is -2.26. The number of ketones is 1. The Labute approximate surface area is 133 Å². The summed E-state index contributed by atoms with van der Waals surface area (Å²) in [6.07, 6.45) is 0.105. The number of hydrogen-bond acceptors (Lipinski definition) is 5. The Morgan fingerprint density at radius 2 is 1.91 bits per heavy atom. The lowest BCUT2D eigenvalue weighted by atomic mass is 9.84. The van der Waals surface area contributed by atoms with Crippen LogP contribution in [0.5, 0.6) is 17.2 Å². The summed E-state index contributed by atoms with van der Waals surface area (Å²) in [5.41, 5.74) is 1.54. The average molecular weight is 312 g/mol. The molecule has 1 aliphatic rings. The van der Waals surface area contributed by atoms with Crippen molar-refractivity contribution in [1.82, 2.24) is 0 Å². The van der Waals surface area contributed by atoms with Gasteiger partial charge < -0.3 is 14.6 Å². The highest BCUT2D eigenvalue weighted by Crippen LogP contribution is 2.45. The van der Waals surface area contributed by atoms with Crippen molar-refractivity contribution in [3.05, 3.63) is 53.1 Å². The lowest BCUT2D eigenvalue weighted by Crippen LogP contribution is -2.21. The fourth-order valence-electron chi connectivity index (χ4n) is 2.85. The Balaban J connectivity index is 2.14. The van der Waals surface area contributed by atoms with E-state index in [0.29, 0.717) is 17.1 Å². The van der Waals surface area contributed by atoms with Crippen LogP contribution in [0.1, 0.15) is 40.7 Å². The number of methoxy groups -OCH3 is 1. The number of phenolic OH excluding ortho intramolecular Hbond substituents is 1. The first-order valence-corrected chi connectivity index (χ1v) is 7.22. The molecule has 0 aliphatic carbocycles. The summed E-state index contributed by atoms with van der Waals surface area (Å²) in [4.78, 5) is 23.5. The number of Topliss-reactive ketones (excluding diaryl/α,β-unsaturated/α-hetero) is 1. The molecule has 1 aliphatic heterocycles. The van der Waals surface area contributed by atoms with E-state index in [2.05, 4.69) is 0 Å². The van der Waals surface area contributed by atoms with Gasteiger partial charge in [-0.15, -0.1) is 0 Å². The van der Waals surface area contributed by atoms with Gasteiger partial charge in [-0.25, -0.2) is 0 Å². The SMILES string of the molecule is COc1ccc([C@@H]2CC(=O)Oc3ccc(C(C)=O)c(O)c32)cc1. The van der Waals surface area contributed by atoms with Gasteiger partial charge in [0.15, 0.2) is 5.78 Å². The average Bonchev–Trinajstić information content (AvgIpc) is 2.54. The second-order valence-electron chi connectivity index (χ2n) is 5.43. The van der Waals surface area contributed by atoms with Crippen LogP contribution in [0.2, 0.25) is 0 Å². The maximum atomic E-state index is 11.9. The van der Waals surface area contributed by atoms with Crippen molar-refractivity contribution >= 4 is 11.8 Å². The van der Waals surface area contributed by atoms with Gasteiger partial charge in [-0.3, -0.25) is 9.59 Å². The minimum Gasteiger partial charge on any atom is -0.507 e. The van der Waals surface area contributed by atoms with E-state index in [4.69, 9.17) is 9.47 Å². The Hall–Kier alpha value is -2.82. The van der Waals surface area contributed by atoms with Gasteiger partial charge in [0.05, 0.1) is 19.1 Å². The van der Waals surface area contributed by atoms with Crippen LogP contribution < -0.4 is 9.47 Å². The number of rotatable bonds is 3. The van der Waals surface area contributed by atoms with E-state index in [1.807, 2.05) is 12.1 Å². The van der Waals surface area contributed by atoms with Crippen molar-refractivity contribution < 1.29 is 24.2 Å². The first-order chi connectivity index (χ1) is 11.0. The Morgan fingerprint density at radius 1 is 1.22 bits per heavy atom. The van der Waals surface area contributed by atoms with Crippen LogP contribution in [0.15, 0.2) is 36.4 Å². The molecule has 0 bridgehead atoms. The number of carbonyl (C=O) groups is 2. The van der Waals surface area contributed by atoms with Crippen molar-refractivity contribution in [3.8, 4) is 17.2 Å². The maximum Gasteiger partial charge on any atom is 0.312 e. The minimum absolute atomic E-state index is 0.105. The summed E-state index contributed by atoms with van der Waals surface area (Å²) in [6, 6.07) is 10.3. The van der Waals surface area contributed by atoms with Gasteiger partial charge >= 0.3 is 5.97 Å². The summed E-state index contributed by atoms with van der Waals surface area (Å²) in [5, 5.41) is 10.5. The van der Waals surface area contributed by atoms with Gasteiger partial charge in [0.25, 0.3) is 0 Å². The number of esters is 1. The molecule has 0 fully saturated rings. The number of benzene rings is 2. The van der Waals surface area contributed by atoms with E-state index in [1.165, 1.54) is 13.0 Å². The molecule has 3 rings (SSSR count). The zero-order chi connectivity index (χ0) is 16.6. The summed E-state index contributed by atoms with van der Waals surface area (Å²) in [7, 11) is 1.58. The molecular formula is C18H16O5. The maximum absolute atomic E-state index is 11.9. The molecule has 0 unspecified atom stereocenters. The third kappa shape index (κ3) is 2.65. The van der Waals surface area contributed by atoms with Crippen LogP contribution in [0.3, 0.4) is 0 Å². The predicted molar refractivity (Wildman–Crippen MR) is 83.2 cm³/mol. The topological polar surface area (TPSA) is 72.8 Å². The van der Waals surface area contributed by atoms with Crippen LogP contribution in [0.25, 0.3) is 0 Å². The summed E-state index contributed by atoms with van der Waals surface area (Å²) >= 11 is 0. The molecule has 1 heterocycles. The predicted octanol–water partition coefficient (Wildman–Crippen LogP) is 3.04. The number of ether oxygens (including phenoxy) is 2. The van der Waals surface area contributed by atoms with E-state index >= 15 is 0 Å². The molecule has 2 aromatic carbocycles. The van der Waals surface area contributed by atoms with E-state index in [9.17, 15) is 14.7 Å². The van der Waals surface area contributed by atoms with Crippen LogP contribution in [0.4, 0.5) is 0 Å². The molecule has 0 radical (unpaired) electrons. The number of aromatic hydroxyl groups is 1. The van der Waals surface area contributed by atoms with E-state index in [1.54, 1.807) is 25.3 Å². The number of carbonyl (C=O) groups excluding carboxylic acids is 2. The monoisotopic (exact) mass is 312 g/mol. The van der Waals surface area contributed by atoms with Crippen LogP contribution in [-0.4, -0.2) is 24.0 Å². The molecule has 0 amide bonds. The lowest BCUT2D eigenvalue weighted by molar-refractivity contribution is -0.135. The molecule has 2 aromatic rings. The summed E-state index contributed by atoms with van der Waals surface area (Å²) in [6.45, 7) is 1.39. The first kappa shape index (κ1) is 15.1. The molecule has 1 atom stereocenters. The largest absolute Gasteiger partial charge is 0.507 e. The van der Waals surface area contributed by atoms with Crippen molar-refractivity contribution in [2.24, 2.45) is 0 Å². The zero-order valence-corrected chi connectivity index (χ0v) is 12.8. The van der Waals surface area contributed by atoms with Crippen molar-refractivity contribution in [2.45, 2.75) is 19.3 Å². The van der Waals surface area contributed by atoms with Crippen molar-refractivity contribution in [2.75, 3.05) is 7.11 Å². The molecule has 0 saturated heterocycles. The molecule has 0 saturated carbocycles. The number of hydrogen-bond donors (Lipinski definition) is 1. The van der Waals surface area contributed by atoms with Gasteiger partial charge in [-0.1, -0.05) is 12.1 Å². The van der Waals surface area contributed by atoms with E-state index in [0.717, 1.165) is 5.56 Å². The van der Waals surface area contributed by atoms with Crippen LogP contribution in [0, 0.1) is 0 Å². The minimum atomic E-state index is -0.367. The van der Waals surface area contributed by atoms with Gasteiger partial charge in [0, 0.05) is 11.5 Å². The highest BCUT2D eigenvalue weighted by Gasteiger charge is 2.32. The first-order valence-electron chi connectivity index (χ1n) is 7.22. The molecule has 118 valence electrons. The fourth-order valence-corrected chi connectivity index (χ4v) is 2.85. The molecule has 1 N–H and O–H groups in total. The zero-order valence-electron chi connectivity index (χ0n) is 12.8. The van der Waals surface area contributed by atoms with Gasteiger partial charge in [0.2, 0.25) is 0 Å². The van der Waals surface area contributed by atoms with E-state index < -0.39 is 0 Å². The number of fused-ring (bicyclic) bond motifs is 1. The van der Waals surface area contributed by atoms with Crippen molar-refractivity contribution in [3.63, 3.8) is 0 Å². The summed E-state index contributed by atoms with van der Waals surface area (Å²) < 4.78 is 10.3. The smallest absolute Gasteiger partial charge is 0.312 e. The second kappa shape index (κ2) is 5.76. The van der Waals surface area contributed by atoms with Gasteiger partial charge in [-0.2, -0.15) is 0 Å². The van der Waals surface area contributed by atoms with E-state index in [-0.39, 0.29) is 35.4 Å². The Bertz CT molecular complexity index is 777. The molecule has 5 nitrogen and oxygen atoms in total. The third-order valence-corrected chi connectivity index (χ3v) is 4.02. The van der Waals surface area contributed by atoms with Crippen molar-refractivity contribution in [1.29, 1.82) is 0 Å². The quantitative estimate of drug-likeness (QED) is 0.536. The highest BCUT2D eigenvalue weighted by molar-refractivity contribution is 5.98. The Kier molecular flexibility index (Phi) is 3.78. The Morgan fingerprint density at radius 3 is 2.52 bits per heavy atom. The van der Waals surface area contributed by atoms with Gasteiger partial charge in [-0.05, 0) is 36.8 Å². The molecule has 0 spiro atoms.